The molecule has 0 saturated heterocycles. The summed E-state index contributed by atoms with van der Waals surface area (Å²) in [5.41, 5.74) is 1.25. The fraction of sp³-hybridized carbons (Fsp3) is 0.250. The molecule has 0 aliphatic heterocycles. The average Bonchev–Trinajstić information content (AvgIpc) is 2.67. The Balaban J connectivity index is 1.68. The number of rotatable bonds is 8. The Morgan fingerprint density at radius 2 is 1.67 bits per heavy atom. The third-order valence-corrected chi connectivity index (χ3v) is 4.53. The number of halogens is 1. The number of carbonyl (C=O) groups is 3. The first kappa shape index (κ1) is 20.6. The van der Waals surface area contributed by atoms with Crippen LogP contribution in [0.5, 0.6) is 0 Å². The molecule has 0 aliphatic carbocycles. The summed E-state index contributed by atoms with van der Waals surface area (Å²) in [7, 11) is 1.59. The predicted octanol–water partition coefficient (Wildman–Crippen LogP) is 3.06. The van der Waals surface area contributed by atoms with Gasteiger partial charge in [0, 0.05) is 30.0 Å². The van der Waals surface area contributed by atoms with E-state index in [2.05, 4.69) is 26.6 Å². The van der Waals surface area contributed by atoms with Crippen LogP contribution in [0, 0.1) is 0 Å². The van der Waals surface area contributed by atoms with Crippen molar-refractivity contribution >= 4 is 39.3 Å². The van der Waals surface area contributed by atoms with E-state index in [1.54, 1.807) is 37.4 Å². The summed E-state index contributed by atoms with van der Waals surface area (Å²) < 4.78 is 0.779. The molecule has 0 spiro atoms. The quantitative estimate of drug-likeness (QED) is 0.630. The minimum Gasteiger partial charge on any atom is -0.352 e. The highest BCUT2D eigenvalue weighted by molar-refractivity contribution is 9.10. The van der Waals surface area contributed by atoms with Crippen LogP contribution >= 0.6 is 15.9 Å². The van der Waals surface area contributed by atoms with Crippen molar-refractivity contribution < 1.29 is 14.4 Å². The van der Waals surface area contributed by atoms with Crippen molar-refractivity contribution in [2.45, 2.75) is 12.8 Å². The molecule has 2 N–H and O–H groups in total. The van der Waals surface area contributed by atoms with Gasteiger partial charge < -0.3 is 15.5 Å². The van der Waals surface area contributed by atoms with Crippen LogP contribution in [0.2, 0.25) is 0 Å². The Labute approximate surface area is 167 Å². The number of anilines is 1. The number of nitrogens with zero attached hydrogens (tertiary/aromatic N) is 1. The van der Waals surface area contributed by atoms with Crippen molar-refractivity contribution in [3.8, 4) is 0 Å². The topological polar surface area (TPSA) is 78.5 Å². The lowest BCUT2D eigenvalue weighted by atomic mass is 10.2. The zero-order valence-corrected chi connectivity index (χ0v) is 16.7. The lowest BCUT2D eigenvalue weighted by molar-refractivity contribution is -0.133. The number of nitrogens with one attached hydrogen (secondary N) is 2. The smallest absolute Gasteiger partial charge is 0.251 e. The Hall–Kier alpha value is -2.67. The van der Waals surface area contributed by atoms with Gasteiger partial charge in [-0.25, -0.2) is 0 Å². The van der Waals surface area contributed by atoms with Crippen molar-refractivity contribution in [1.82, 2.24) is 10.2 Å². The Morgan fingerprint density at radius 3 is 2.37 bits per heavy atom. The van der Waals surface area contributed by atoms with E-state index in [0.29, 0.717) is 24.2 Å². The van der Waals surface area contributed by atoms with Crippen LogP contribution in [-0.2, 0) is 9.59 Å². The zero-order valence-electron chi connectivity index (χ0n) is 15.1. The molecule has 0 fully saturated rings. The second kappa shape index (κ2) is 10.5. The SMILES string of the molecule is CN(CC(=O)Nc1ccccc1Br)C(=O)CCCNC(=O)c1ccccc1. The number of hydrogen-bond acceptors (Lipinski definition) is 3. The van der Waals surface area contributed by atoms with Gasteiger partial charge in [0.2, 0.25) is 11.8 Å². The van der Waals surface area contributed by atoms with Crippen molar-refractivity contribution in [3.05, 3.63) is 64.6 Å². The second-order valence-corrected chi connectivity index (χ2v) is 6.86. The third kappa shape index (κ3) is 6.86. The summed E-state index contributed by atoms with van der Waals surface area (Å²) in [5.74, 6) is -0.578. The first-order valence-corrected chi connectivity index (χ1v) is 9.38. The molecule has 6 nitrogen and oxygen atoms in total. The number of benzene rings is 2. The molecule has 0 radical (unpaired) electrons. The first-order valence-electron chi connectivity index (χ1n) is 8.59. The van der Waals surface area contributed by atoms with E-state index < -0.39 is 0 Å². The third-order valence-electron chi connectivity index (χ3n) is 3.84. The minimum atomic E-state index is -0.268. The normalized spacial score (nSPS) is 10.1. The van der Waals surface area contributed by atoms with Gasteiger partial charge in [-0.1, -0.05) is 30.3 Å². The maximum absolute atomic E-state index is 12.1. The van der Waals surface area contributed by atoms with Crippen LogP contribution in [0.4, 0.5) is 5.69 Å². The Morgan fingerprint density at radius 1 is 1.00 bits per heavy atom. The molecule has 27 heavy (non-hydrogen) atoms. The highest BCUT2D eigenvalue weighted by atomic mass is 79.9. The molecule has 2 aromatic carbocycles. The lowest BCUT2D eigenvalue weighted by Crippen LogP contribution is -2.35. The minimum absolute atomic E-state index is 0.0312. The van der Waals surface area contributed by atoms with Crippen LogP contribution in [0.15, 0.2) is 59.1 Å². The molecule has 0 atom stereocenters. The van der Waals surface area contributed by atoms with E-state index in [-0.39, 0.29) is 30.7 Å². The van der Waals surface area contributed by atoms with Gasteiger partial charge in [0.1, 0.15) is 0 Å². The van der Waals surface area contributed by atoms with Gasteiger partial charge in [0.15, 0.2) is 0 Å². The number of carbonyl (C=O) groups excluding carboxylic acids is 3. The van der Waals surface area contributed by atoms with Crippen LogP contribution in [0.1, 0.15) is 23.2 Å². The van der Waals surface area contributed by atoms with E-state index in [1.165, 1.54) is 4.90 Å². The fourth-order valence-corrected chi connectivity index (χ4v) is 2.76. The molecular weight excluding hydrogens is 410 g/mol. The summed E-state index contributed by atoms with van der Waals surface area (Å²) in [6, 6.07) is 16.2. The van der Waals surface area contributed by atoms with Crippen molar-refractivity contribution in [1.29, 1.82) is 0 Å². The van der Waals surface area contributed by atoms with Crippen molar-refractivity contribution in [2.24, 2.45) is 0 Å². The Bertz CT molecular complexity index is 796. The van der Waals surface area contributed by atoms with Gasteiger partial charge in [0.25, 0.3) is 5.91 Å². The molecule has 7 heteroatoms. The first-order chi connectivity index (χ1) is 13.0. The van der Waals surface area contributed by atoms with Crippen molar-refractivity contribution in [3.63, 3.8) is 0 Å². The number of likely N-dealkylation sites (N-methyl/N-ethyl adjacent to an activating group) is 1. The highest BCUT2D eigenvalue weighted by Crippen LogP contribution is 2.20. The van der Waals surface area contributed by atoms with E-state index in [0.717, 1.165) is 4.47 Å². The molecule has 0 bridgehead atoms. The van der Waals surface area contributed by atoms with Gasteiger partial charge >= 0.3 is 0 Å². The van der Waals surface area contributed by atoms with Crippen LogP contribution in [0.25, 0.3) is 0 Å². The maximum atomic E-state index is 12.1. The monoisotopic (exact) mass is 431 g/mol. The molecule has 0 aliphatic rings. The molecule has 0 unspecified atom stereocenters. The summed E-state index contributed by atoms with van der Waals surface area (Å²) in [5, 5.41) is 5.54. The second-order valence-electron chi connectivity index (χ2n) is 6.00. The van der Waals surface area contributed by atoms with Gasteiger partial charge in [-0.2, -0.15) is 0 Å². The molecule has 142 valence electrons. The van der Waals surface area contributed by atoms with Crippen LogP contribution < -0.4 is 10.6 Å². The molecule has 3 amide bonds. The summed E-state index contributed by atoms with van der Waals surface area (Å²) in [6.45, 7) is 0.368. The van der Waals surface area contributed by atoms with Gasteiger partial charge in [-0.15, -0.1) is 0 Å². The zero-order chi connectivity index (χ0) is 19.6. The van der Waals surface area contributed by atoms with Crippen LogP contribution in [-0.4, -0.2) is 42.8 Å². The van der Waals surface area contributed by atoms with E-state index in [1.807, 2.05) is 24.3 Å². The average molecular weight is 432 g/mol. The molecule has 0 saturated carbocycles. The number of hydrogen-bond donors (Lipinski definition) is 2. The van der Waals surface area contributed by atoms with E-state index >= 15 is 0 Å². The van der Waals surface area contributed by atoms with E-state index in [4.69, 9.17) is 0 Å². The Kier molecular flexibility index (Phi) is 8.00. The molecular formula is C20H22BrN3O3. The van der Waals surface area contributed by atoms with Gasteiger partial charge in [-0.3, -0.25) is 14.4 Å². The van der Waals surface area contributed by atoms with Crippen LogP contribution in [0.3, 0.4) is 0 Å². The fourth-order valence-electron chi connectivity index (χ4n) is 2.38. The summed E-state index contributed by atoms with van der Waals surface area (Å²) in [6.07, 6.45) is 0.765. The van der Waals surface area contributed by atoms with Gasteiger partial charge in [-0.05, 0) is 46.6 Å². The van der Waals surface area contributed by atoms with Gasteiger partial charge in [0.05, 0.1) is 12.2 Å². The summed E-state index contributed by atoms with van der Waals surface area (Å²) >= 11 is 3.36. The standard InChI is InChI=1S/C20H22BrN3O3/c1-24(14-18(25)23-17-11-6-5-10-16(17)21)19(26)12-7-13-22-20(27)15-8-3-2-4-9-15/h2-6,8-11H,7,12-14H2,1H3,(H,22,27)(H,23,25). The number of amides is 3. The predicted molar refractivity (Wildman–Crippen MR) is 108 cm³/mol. The molecule has 2 rings (SSSR count). The molecule has 0 heterocycles. The largest absolute Gasteiger partial charge is 0.352 e. The number of para-hydroxylation sites is 1. The lowest BCUT2D eigenvalue weighted by Gasteiger charge is -2.17. The van der Waals surface area contributed by atoms with Crippen molar-refractivity contribution in [2.75, 3.05) is 25.5 Å². The highest BCUT2D eigenvalue weighted by Gasteiger charge is 2.14. The van der Waals surface area contributed by atoms with E-state index in [9.17, 15) is 14.4 Å². The molecule has 0 aromatic heterocycles. The molecule has 2 aromatic rings. The maximum Gasteiger partial charge on any atom is 0.251 e. The summed E-state index contributed by atoms with van der Waals surface area (Å²) in [4.78, 5) is 37.5.